The fourth-order valence-corrected chi connectivity index (χ4v) is 11.7. The van der Waals surface area contributed by atoms with E-state index in [1.165, 1.54) is 6.07 Å². The van der Waals surface area contributed by atoms with Crippen LogP contribution in [0.15, 0.2) is 152 Å². The van der Waals surface area contributed by atoms with Crippen molar-refractivity contribution in [1.29, 1.82) is 10.5 Å². The molecule has 0 radical (unpaired) electrons. The van der Waals surface area contributed by atoms with Crippen molar-refractivity contribution in [2.45, 2.75) is 6.18 Å². The van der Waals surface area contributed by atoms with Gasteiger partial charge < -0.3 is 9.13 Å². The van der Waals surface area contributed by atoms with Crippen LogP contribution >= 0.6 is 22.7 Å². The second kappa shape index (κ2) is 12.5. The summed E-state index contributed by atoms with van der Waals surface area (Å²) in [6.45, 7) is 0. The van der Waals surface area contributed by atoms with E-state index in [2.05, 4.69) is 75.9 Å². The number of hydrogen-bond acceptors (Lipinski definition) is 4. The molecule has 12 aromatic rings. The Morgan fingerprint density at radius 3 is 1.50 bits per heavy atom. The third-order valence-corrected chi connectivity index (χ3v) is 14.2. The number of aromatic nitrogens is 2. The molecule has 282 valence electrons. The highest BCUT2D eigenvalue weighted by Gasteiger charge is 2.32. The summed E-state index contributed by atoms with van der Waals surface area (Å²) in [4.78, 5) is 0. The summed E-state index contributed by atoms with van der Waals surface area (Å²) in [6.07, 6.45) is -4.72. The van der Waals surface area contributed by atoms with Crippen LogP contribution in [-0.2, 0) is 6.18 Å². The summed E-state index contributed by atoms with van der Waals surface area (Å²) in [5, 5.41) is 29.7. The molecule has 0 atom stereocenters. The fourth-order valence-electron chi connectivity index (χ4n) is 9.24. The zero-order valence-corrected chi connectivity index (χ0v) is 32.8. The van der Waals surface area contributed by atoms with Gasteiger partial charge in [-0.1, -0.05) is 97.1 Å². The Balaban J connectivity index is 1.28. The number of nitriles is 2. The molecule has 4 heterocycles. The maximum absolute atomic E-state index is 14.7. The van der Waals surface area contributed by atoms with Crippen LogP contribution < -0.4 is 0 Å². The minimum atomic E-state index is -4.72. The normalized spacial score (nSPS) is 12.2. The lowest BCUT2D eigenvalue weighted by Crippen LogP contribution is -2.07. The first-order valence-electron chi connectivity index (χ1n) is 19.2. The Morgan fingerprint density at radius 2 is 0.967 bits per heavy atom. The van der Waals surface area contributed by atoms with Crippen LogP contribution in [0, 0.1) is 22.7 Å². The third kappa shape index (κ3) is 4.82. The molecule has 0 unspecified atom stereocenters. The topological polar surface area (TPSA) is 57.4 Å². The molecule has 0 aliphatic carbocycles. The van der Waals surface area contributed by atoms with Crippen molar-refractivity contribution in [1.82, 2.24) is 9.13 Å². The van der Waals surface area contributed by atoms with E-state index in [4.69, 9.17) is 0 Å². The lowest BCUT2D eigenvalue weighted by Gasteiger charge is -2.20. The van der Waals surface area contributed by atoms with Crippen molar-refractivity contribution in [3.05, 3.63) is 168 Å². The molecule has 12 rings (SSSR count). The number of benzene rings is 8. The van der Waals surface area contributed by atoms with Crippen molar-refractivity contribution in [2.75, 3.05) is 0 Å². The van der Waals surface area contributed by atoms with E-state index in [1.54, 1.807) is 22.7 Å². The Hall–Kier alpha value is -7.43. The summed E-state index contributed by atoms with van der Waals surface area (Å²) in [5.41, 5.74) is 4.52. The number of rotatable bonds is 3. The van der Waals surface area contributed by atoms with Crippen molar-refractivity contribution < 1.29 is 13.2 Å². The summed E-state index contributed by atoms with van der Waals surface area (Å²) in [5.74, 6) is 0. The molecule has 4 nitrogen and oxygen atoms in total. The van der Waals surface area contributed by atoms with E-state index in [0.717, 1.165) is 96.1 Å². The maximum Gasteiger partial charge on any atom is 0.416 e. The molecule has 8 aromatic carbocycles. The summed E-state index contributed by atoms with van der Waals surface area (Å²) < 4.78 is 52.6. The highest BCUT2D eigenvalue weighted by atomic mass is 32.1. The van der Waals surface area contributed by atoms with Gasteiger partial charge in [-0.25, -0.2) is 0 Å². The van der Waals surface area contributed by atoms with E-state index in [1.807, 2.05) is 78.9 Å². The molecule has 0 aliphatic rings. The molecule has 0 spiro atoms. The minimum absolute atomic E-state index is 0.116. The number of halogens is 3. The Morgan fingerprint density at radius 1 is 0.467 bits per heavy atom. The van der Waals surface area contributed by atoms with Crippen molar-refractivity contribution in [3.8, 4) is 34.6 Å². The quantitative estimate of drug-likeness (QED) is 0.178. The molecular formula is C51H25F3N4S2. The molecule has 4 aromatic heterocycles. The SMILES string of the molecule is N#Cc1cc(-c2cc(-n3c4ccccc4c4ccc5c6ccccc6sc5c43)c(C#N)cc2-n2c3ccccc3c3ccc4c5ccccc5sc4c32)cc(C(F)(F)F)c1. The fraction of sp³-hybridized carbons (Fsp3) is 0.0196. The highest BCUT2D eigenvalue weighted by molar-refractivity contribution is 7.27. The molecule has 0 N–H and O–H groups in total. The van der Waals surface area contributed by atoms with Gasteiger partial charge in [0.25, 0.3) is 0 Å². The number of fused-ring (bicyclic) bond motifs is 14. The van der Waals surface area contributed by atoms with Gasteiger partial charge in [0, 0.05) is 58.1 Å². The Kier molecular flexibility index (Phi) is 7.23. The molecular weight excluding hydrogens is 790 g/mol. The van der Waals surface area contributed by atoms with Crippen LogP contribution in [0.4, 0.5) is 13.2 Å². The van der Waals surface area contributed by atoms with Crippen molar-refractivity contribution in [3.63, 3.8) is 0 Å². The van der Waals surface area contributed by atoms with Gasteiger partial charge in [0.05, 0.1) is 65.6 Å². The molecule has 0 fully saturated rings. The van der Waals surface area contributed by atoms with Crippen molar-refractivity contribution in [2.24, 2.45) is 0 Å². The van der Waals surface area contributed by atoms with E-state index < -0.39 is 11.7 Å². The molecule has 0 aliphatic heterocycles. The maximum atomic E-state index is 14.7. The average Bonchev–Trinajstić information content (AvgIpc) is 4.03. The molecule has 0 saturated heterocycles. The first kappa shape index (κ1) is 34.6. The van der Waals surface area contributed by atoms with Gasteiger partial charge in [-0.3, -0.25) is 0 Å². The van der Waals surface area contributed by atoms with Crippen LogP contribution in [0.2, 0.25) is 0 Å². The smallest absolute Gasteiger partial charge is 0.307 e. The highest BCUT2D eigenvalue weighted by Crippen LogP contribution is 2.48. The monoisotopic (exact) mass is 814 g/mol. The largest absolute Gasteiger partial charge is 0.416 e. The Bertz CT molecular complexity index is 3920. The summed E-state index contributed by atoms with van der Waals surface area (Å²) >= 11 is 3.34. The van der Waals surface area contributed by atoms with Crippen LogP contribution in [0.5, 0.6) is 0 Å². The van der Waals surface area contributed by atoms with Crippen molar-refractivity contribution >= 4 is 107 Å². The standard InChI is InChI=1S/C51H25F3N4S2/c52-51(53,54)31-22-28(26-55)21-29(23-31)40-25-43(57-41-13-5-1-9-32(41)36-17-19-38-34-11-3-7-15-45(34)59-49(38)47(36)57)30(27-56)24-44(40)58-42-14-6-2-10-33(42)37-18-20-39-35-12-4-8-16-46(35)60-50(39)48(37)58/h1-25H. The minimum Gasteiger partial charge on any atom is -0.307 e. The number of alkyl halides is 3. The molecule has 0 bridgehead atoms. The lowest BCUT2D eigenvalue weighted by atomic mass is 9.95. The second-order valence-electron chi connectivity index (χ2n) is 15.0. The lowest BCUT2D eigenvalue weighted by molar-refractivity contribution is -0.137. The van der Waals surface area contributed by atoms with Gasteiger partial charge in [-0.05, 0) is 60.2 Å². The molecule has 0 saturated carbocycles. The van der Waals surface area contributed by atoms with E-state index >= 15 is 0 Å². The Labute approximate surface area is 347 Å². The predicted octanol–water partition coefficient (Wildman–Crippen LogP) is 15.0. The van der Waals surface area contributed by atoms with E-state index in [-0.39, 0.29) is 11.1 Å². The van der Waals surface area contributed by atoms with E-state index in [0.29, 0.717) is 22.5 Å². The van der Waals surface area contributed by atoms with Gasteiger partial charge in [0.1, 0.15) is 6.07 Å². The zero-order chi connectivity index (χ0) is 40.4. The average molecular weight is 815 g/mol. The number of nitrogens with zero attached hydrogens (tertiary/aromatic N) is 4. The van der Waals surface area contributed by atoms with Gasteiger partial charge in [-0.2, -0.15) is 23.7 Å². The number of thiophene rings is 2. The molecule has 9 heteroatoms. The second-order valence-corrected chi connectivity index (χ2v) is 17.1. The van der Waals surface area contributed by atoms with Gasteiger partial charge in [-0.15, -0.1) is 22.7 Å². The van der Waals surface area contributed by atoms with Crippen LogP contribution in [-0.4, -0.2) is 9.13 Å². The van der Waals surface area contributed by atoms with Crippen LogP contribution in [0.25, 0.3) is 106 Å². The van der Waals surface area contributed by atoms with E-state index in [9.17, 15) is 23.7 Å². The van der Waals surface area contributed by atoms with Crippen LogP contribution in [0.3, 0.4) is 0 Å². The summed E-state index contributed by atoms with van der Waals surface area (Å²) in [7, 11) is 0. The molecule has 0 amide bonds. The number of hydrogen-bond donors (Lipinski definition) is 0. The summed E-state index contributed by atoms with van der Waals surface area (Å²) in [6, 6.07) is 52.8. The first-order chi connectivity index (χ1) is 29.3. The van der Waals surface area contributed by atoms with Gasteiger partial charge in [0.15, 0.2) is 0 Å². The van der Waals surface area contributed by atoms with Gasteiger partial charge >= 0.3 is 6.18 Å². The predicted molar refractivity (Wildman–Crippen MR) is 241 cm³/mol. The number of para-hydroxylation sites is 2. The third-order valence-electron chi connectivity index (χ3n) is 11.8. The van der Waals surface area contributed by atoms with Gasteiger partial charge in [0.2, 0.25) is 0 Å². The molecule has 60 heavy (non-hydrogen) atoms. The zero-order valence-electron chi connectivity index (χ0n) is 31.2. The van der Waals surface area contributed by atoms with Crippen LogP contribution in [0.1, 0.15) is 16.7 Å². The first-order valence-corrected chi connectivity index (χ1v) is 20.8.